The summed E-state index contributed by atoms with van der Waals surface area (Å²) < 4.78 is 2.60. The molecule has 12 rings (SSSR count). The smallest absolute Gasteiger partial charge is 0.329 e. The third-order valence-corrected chi connectivity index (χ3v) is 15.6. The first-order valence-electron chi connectivity index (χ1n) is 21.3. The van der Waals surface area contributed by atoms with E-state index in [1.54, 1.807) is 5.47 Å². The molecule has 1 aromatic heterocycles. The van der Waals surface area contributed by atoms with Gasteiger partial charge in [0.2, 0.25) is 6.71 Å². The van der Waals surface area contributed by atoms with Gasteiger partial charge in [0.25, 0.3) is 0 Å². The van der Waals surface area contributed by atoms with Crippen LogP contribution in [0.2, 0.25) is 0 Å². The fraction of sp³-hybridized carbons (Fsp3) is 0.283. The van der Waals surface area contributed by atoms with Crippen LogP contribution >= 0.6 is 11.8 Å². The fourth-order valence-corrected chi connectivity index (χ4v) is 13.2. The van der Waals surface area contributed by atoms with Crippen molar-refractivity contribution in [1.82, 2.24) is 4.57 Å². The summed E-state index contributed by atoms with van der Waals surface area (Å²) in [6.45, 7) is 26.5. The number of allylic oxidation sites excluding steroid dienone is 1. The van der Waals surface area contributed by atoms with Gasteiger partial charge in [0, 0.05) is 59.5 Å². The normalized spacial score (nSPS) is 16.8. The van der Waals surface area contributed by atoms with Crippen molar-refractivity contribution in [1.29, 1.82) is 0 Å². The van der Waals surface area contributed by atoms with Crippen LogP contribution in [0, 0.1) is 0 Å². The zero-order chi connectivity index (χ0) is 40.2. The first kappa shape index (κ1) is 35.1. The molecular formula is C53H50B2N2S. The minimum Gasteiger partial charge on any atom is -0.377 e. The van der Waals surface area contributed by atoms with Gasteiger partial charge in [0.15, 0.2) is 0 Å². The molecule has 0 saturated heterocycles. The Morgan fingerprint density at radius 1 is 0.552 bits per heavy atom. The lowest BCUT2D eigenvalue weighted by atomic mass is 9.29. The van der Waals surface area contributed by atoms with Crippen molar-refractivity contribution in [3.8, 4) is 22.3 Å². The summed E-state index contributed by atoms with van der Waals surface area (Å²) in [5.41, 5.74) is 23.8. The van der Waals surface area contributed by atoms with Gasteiger partial charge in [-0.05, 0) is 111 Å². The van der Waals surface area contributed by atoms with Gasteiger partial charge in [-0.2, -0.15) is 0 Å². The quantitative estimate of drug-likeness (QED) is 0.142. The summed E-state index contributed by atoms with van der Waals surface area (Å²) in [6.07, 6.45) is 0. The van der Waals surface area contributed by atoms with Gasteiger partial charge in [0.1, 0.15) is 0 Å². The van der Waals surface area contributed by atoms with Crippen LogP contribution in [0.5, 0.6) is 0 Å². The van der Waals surface area contributed by atoms with E-state index in [0.717, 1.165) is 0 Å². The zero-order valence-electron chi connectivity index (χ0n) is 35.8. The third-order valence-electron chi connectivity index (χ3n) is 14.4. The number of benzene rings is 6. The van der Waals surface area contributed by atoms with E-state index >= 15 is 0 Å². The molecule has 0 atom stereocenters. The Morgan fingerprint density at radius 3 is 2.00 bits per heavy atom. The Bertz CT molecular complexity index is 3090. The number of thioether (sulfide) groups is 1. The highest BCUT2D eigenvalue weighted by atomic mass is 32.2. The average Bonchev–Trinajstić information content (AvgIpc) is 3.62. The average molecular weight is 769 g/mol. The van der Waals surface area contributed by atoms with Crippen LogP contribution in [-0.4, -0.2) is 18.1 Å². The second-order valence-electron chi connectivity index (χ2n) is 21.3. The van der Waals surface area contributed by atoms with E-state index < -0.39 is 0 Å². The molecule has 0 unspecified atom stereocenters. The number of aromatic nitrogens is 1. The topological polar surface area (TPSA) is 8.17 Å². The van der Waals surface area contributed by atoms with Crippen LogP contribution in [0.3, 0.4) is 0 Å². The van der Waals surface area contributed by atoms with E-state index in [2.05, 4.69) is 189 Å². The molecule has 0 saturated carbocycles. The molecule has 58 heavy (non-hydrogen) atoms. The van der Waals surface area contributed by atoms with E-state index in [1.165, 1.54) is 109 Å². The molecule has 6 aromatic carbocycles. The molecule has 1 aliphatic carbocycles. The summed E-state index contributed by atoms with van der Waals surface area (Å²) in [6, 6.07) is 41.1. The van der Waals surface area contributed by atoms with Crippen LogP contribution < -0.4 is 26.7 Å². The van der Waals surface area contributed by atoms with Gasteiger partial charge in [0.05, 0.1) is 5.52 Å². The van der Waals surface area contributed by atoms with Crippen LogP contribution in [0.4, 0.5) is 11.4 Å². The fourth-order valence-electron chi connectivity index (χ4n) is 11.7. The Balaban J connectivity index is 1.28. The third kappa shape index (κ3) is 4.29. The van der Waals surface area contributed by atoms with Crippen LogP contribution in [-0.2, 0) is 21.8 Å². The highest BCUT2D eigenvalue weighted by Crippen LogP contribution is 2.59. The van der Waals surface area contributed by atoms with Crippen molar-refractivity contribution in [3.63, 3.8) is 0 Å². The number of anilines is 2. The molecule has 0 amide bonds. The van der Waals surface area contributed by atoms with E-state index in [1.807, 2.05) is 11.8 Å². The van der Waals surface area contributed by atoms with Crippen LogP contribution in [0.25, 0.3) is 49.0 Å². The summed E-state index contributed by atoms with van der Waals surface area (Å²) in [5, 5.41) is 2.68. The molecule has 4 aliphatic heterocycles. The molecule has 0 radical (unpaired) electrons. The second kappa shape index (κ2) is 10.8. The lowest BCUT2D eigenvalue weighted by molar-refractivity contribution is 0.423. The number of hydrogen-bond acceptors (Lipinski definition) is 2. The Kier molecular flexibility index (Phi) is 6.57. The van der Waals surface area contributed by atoms with Gasteiger partial charge in [-0.3, -0.25) is 0 Å². The van der Waals surface area contributed by atoms with Crippen LogP contribution in [0.1, 0.15) is 98.4 Å². The van der Waals surface area contributed by atoms with Crippen molar-refractivity contribution in [2.75, 3.05) is 4.81 Å². The number of hydrogen-bond donors (Lipinski definition) is 0. The first-order chi connectivity index (χ1) is 27.4. The molecule has 0 spiro atoms. The lowest BCUT2D eigenvalue weighted by Crippen LogP contribution is -2.67. The highest BCUT2D eigenvalue weighted by Gasteiger charge is 2.55. The largest absolute Gasteiger partial charge is 0.377 e. The molecule has 0 N–H and O–H groups in total. The minimum absolute atomic E-state index is 0.0208. The molecular weight excluding hydrogens is 718 g/mol. The molecule has 7 aromatic rings. The predicted molar refractivity (Wildman–Crippen MR) is 254 cm³/mol. The minimum atomic E-state index is -0.114. The van der Waals surface area contributed by atoms with Gasteiger partial charge < -0.3 is 9.38 Å². The number of nitrogens with zero attached hydrogens (tertiary/aromatic N) is 2. The molecule has 5 heteroatoms. The van der Waals surface area contributed by atoms with E-state index in [0.29, 0.717) is 0 Å². The SMILES string of the molecule is CC(C)(C)c1ccc2c(c1)B1c3cc4c5ccccc5n(C(C)(C)C)c4cc3-c3cc(C(C)(C)C)cc4c3N1c1c-2ccc2c1B4C1=C(S2)c2ccccc2C1(C)C. The van der Waals surface area contributed by atoms with E-state index in [9.17, 15) is 0 Å². The maximum absolute atomic E-state index is 2.84. The monoisotopic (exact) mass is 768 g/mol. The van der Waals surface area contributed by atoms with E-state index in [4.69, 9.17) is 0 Å². The van der Waals surface area contributed by atoms with Crippen molar-refractivity contribution < 1.29 is 0 Å². The Morgan fingerprint density at radius 2 is 1.24 bits per heavy atom. The lowest BCUT2D eigenvalue weighted by Gasteiger charge is -2.51. The first-order valence-corrected chi connectivity index (χ1v) is 22.2. The molecule has 284 valence electrons. The van der Waals surface area contributed by atoms with Crippen molar-refractivity contribution >= 4 is 85.3 Å². The predicted octanol–water partition coefficient (Wildman–Crippen LogP) is 11.3. The van der Waals surface area contributed by atoms with E-state index in [-0.39, 0.29) is 35.3 Å². The molecule has 5 heterocycles. The van der Waals surface area contributed by atoms with Gasteiger partial charge in [-0.25, -0.2) is 0 Å². The zero-order valence-corrected chi connectivity index (χ0v) is 36.6. The van der Waals surface area contributed by atoms with Crippen molar-refractivity contribution in [2.24, 2.45) is 0 Å². The summed E-state index contributed by atoms with van der Waals surface area (Å²) in [4.78, 5) is 5.72. The number of rotatable bonds is 0. The van der Waals surface area contributed by atoms with Gasteiger partial charge in [-0.1, -0.05) is 151 Å². The molecule has 0 fully saturated rings. The Labute approximate surface area is 348 Å². The number of para-hydroxylation sites is 1. The van der Waals surface area contributed by atoms with Crippen molar-refractivity contribution in [3.05, 3.63) is 131 Å². The van der Waals surface area contributed by atoms with Gasteiger partial charge in [-0.15, -0.1) is 0 Å². The summed E-state index contributed by atoms with van der Waals surface area (Å²) in [5.74, 6) is 0. The summed E-state index contributed by atoms with van der Waals surface area (Å²) >= 11 is 2.02. The molecule has 0 bridgehead atoms. The molecule has 2 nitrogen and oxygen atoms in total. The van der Waals surface area contributed by atoms with Crippen molar-refractivity contribution in [2.45, 2.75) is 103 Å². The van der Waals surface area contributed by atoms with Crippen LogP contribution in [0.15, 0.2) is 113 Å². The molecule has 5 aliphatic rings. The maximum Gasteiger partial charge on any atom is 0.329 e. The summed E-state index contributed by atoms with van der Waals surface area (Å²) in [7, 11) is 0. The standard InChI is InChI=1S/C53H50B2N2S/c1-50(2,3)29-20-21-31-33-22-23-44-45-47(33)57-46-37(24-30(51(4,5)6)26-41(46)54(45)49-48(58-44)34-17-12-14-18-38(34)53(49,10)11)35-28-43-36(27-40(35)55(57)39(31)25-29)32-16-13-15-19-42(32)56(43)52(7,8)9/h12-28H,1-11H3. The second-order valence-corrected chi connectivity index (χ2v) is 22.4. The number of fused-ring (bicyclic) bond motifs is 13. The van der Waals surface area contributed by atoms with Gasteiger partial charge >= 0.3 is 6.85 Å². The maximum atomic E-state index is 2.84. The highest BCUT2D eigenvalue weighted by molar-refractivity contribution is 8.09. The Hall–Kier alpha value is -4.86.